The van der Waals surface area contributed by atoms with Crippen LogP contribution in [-0.4, -0.2) is 41.8 Å². The molecule has 1 atom stereocenters. The van der Waals surface area contributed by atoms with Crippen molar-refractivity contribution in [2.75, 3.05) is 24.7 Å². The highest BCUT2D eigenvalue weighted by atomic mass is 32.2. The van der Waals surface area contributed by atoms with Crippen LogP contribution < -0.4 is 10.1 Å². The Hall–Kier alpha value is -1.20. The fraction of sp³-hybridized carbons (Fsp3) is 0.462. The molecule has 1 fully saturated rings. The van der Waals surface area contributed by atoms with Crippen molar-refractivity contribution in [3.8, 4) is 5.75 Å². The van der Waals surface area contributed by atoms with Crippen LogP contribution >= 0.6 is 11.8 Å². The lowest BCUT2D eigenvalue weighted by Gasteiger charge is -2.12. The van der Waals surface area contributed by atoms with Crippen molar-refractivity contribution in [3.05, 3.63) is 29.8 Å². The minimum atomic E-state index is -0.929. The lowest BCUT2D eigenvalue weighted by Crippen LogP contribution is -2.32. The quantitative estimate of drug-likeness (QED) is 0.770. The van der Waals surface area contributed by atoms with E-state index in [2.05, 4.69) is 5.32 Å². The van der Waals surface area contributed by atoms with E-state index in [1.54, 1.807) is 24.3 Å². The number of carbonyl (C=O) groups is 1. The van der Waals surface area contributed by atoms with Gasteiger partial charge in [-0.3, -0.25) is 0 Å². The monoisotopic (exact) mass is 267 g/mol. The summed E-state index contributed by atoms with van der Waals surface area (Å²) < 4.78 is 5.52. The van der Waals surface area contributed by atoms with Crippen LogP contribution in [0, 0.1) is 0 Å². The molecule has 1 aliphatic rings. The molecular weight excluding hydrogens is 250 g/mol. The summed E-state index contributed by atoms with van der Waals surface area (Å²) in [6.45, 7) is 1.35. The Labute approximate surface area is 111 Å². The number of carboxylic acid groups (broad SMARTS) is 1. The third-order valence-corrected chi connectivity index (χ3v) is 3.98. The Bertz CT molecular complexity index is 405. The number of benzene rings is 1. The highest BCUT2D eigenvalue weighted by Crippen LogP contribution is 2.17. The zero-order valence-electron chi connectivity index (χ0n) is 10.1. The predicted octanol–water partition coefficient (Wildman–Crippen LogP) is 1.86. The van der Waals surface area contributed by atoms with Gasteiger partial charge in [-0.05, 0) is 30.4 Å². The third-order valence-electron chi connectivity index (χ3n) is 2.81. The van der Waals surface area contributed by atoms with Crippen LogP contribution in [0.1, 0.15) is 16.8 Å². The second kappa shape index (κ2) is 6.66. The summed E-state index contributed by atoms with van der Waals surface area (Å²) in [5, 5.41) is 12.3. The van der Waals surface area contributed by atoms with Crippen LogP contribution in [0.3, 0.4) is 0 Å². The van der Waals surface area contributed by atoms with Crippen LogP contribution in [0.5, 0.6) is 5.75 Å². The minimum Gasteiger partial charge on any atom is -0.492 e. The van der Waals surface area contributed by atoms with Crippen molar-refractivity contribution >= 4 is 17.7 Å². The molecule has 2 rings (SSSR count). The van der Waals surface area contributed by atoms with Crippen LogP contribution in [0.4, 0.5) is 0 Å². The normalized spacial score (nSPS) is 18.8. The van der Waals surface area contributed by atoms with Gasteiger partial charge < -0.3 is 15.2 Å². The summed E-state index contributed by atoms with van der Waals surface area (Å²) in [4.78, 5) is 10.8. The Kier molecular flexibility index (Phi) is 4.90. The second-order valence-corrected chi connectivity index (χ2v) is 5.35. The van der Waals surface area contributed by atoms with Gasteiger partial charge in [0.15, 0.2) is 0 Å². The molecule has 0 amide bonds. The van der Waals surface area contributed by atoms with Gasteiger partial charge in [-0.25, -0.2) is 4.79 Å². The molecule has 1 heterocycles. The number of aromatic carboxylic acids is 1. The van der Waals surface area contributed by atoms with Gasteiger partial charge in [-0.15, -0.1) is 0 Å². The van der Waals surface area contributed by atoms with E-state index in [9.17, 15) is 4.79 Å². The maximum Gasteiger partial charge on any atom is 0.335 e. The van der Waals surface area contributed by atoms with Gasteiger partial charge in [-0.1, -0.05) is 6.07 Å². The molecule has 2 N–H and O–H groups in total. The molecule has 98 valence electrons. The predicted molar refractivity (Wildman–Crippen MR) is 72.6 cm³/mol. The van der Waals surface area contributed by atoms with E-state index in [0.29, 0.717) is 18.4 Å². The maximum absolute atomic E-state index is 10.8. The first kappa shape index (κ1) is 13.2. The lowest BCUT2D eigenvalue weighted by molar-refractivity contribution is 0.0696. The average Bonchev–Trinajstić information content (AvgIpc) is 2.88. The Morgan fingerprint density at radius 3 is 3.17 bits per heavy atom. The third kappa shape index (κ3) is 3.92. The van der Waals surface area contributed by atoms with E-state index in [-0.39, 0.29) is 5.56 Å². The molecule has 0 spiro atoms. The van der Waals surface area contributed by atoms with Gasteiger partial charge in [0.25, 0.3) is 0 Å². The van der Waals surface area contributed by atoms with Crippen molar-refractivity contribution in [1.82, 2.24) is 5.32 Å². The van der Waals surface area contributed by atoms with Crippen molar-refractivity contribution in [2.24, 2.45) is 0 Å². The van der Waals surface area contributed by atoms with E-state index in [0.717, 1.165) is 6.54 Å². The van der Waals surface area contributed by atoms with E-state index in [1.165, 1.54) is 17.9 Å². The van der Waals surface area contributed by atoms with Gasteiger partial charge in [0, 0.05) is 18.3 Å². The SMILES string of the molecule is O=C(O)c1cccc(OCCN[C@@H]2CCSC2)c1. The van der Waals surface area contributed by atoms with E-state index >= 15 is 0 Å². The van der Waals surface area contributed by atoms with Crippen molar-refractivity contribution in [3.63, 3.8) is 0 Å². The number of thioether (sulfide) groups is 1. The zero-order chi connectivity index (χ0) is 12.8. The van der Waals surface area contributed by atoms with Gasteiger partial charge in [-0.2, -0.15) is 11.8 Å². The second-order valence-electron chi connectivity index (χ2n) is 4.20. The summed E-state index contributed by atoms with van der Waals surface area (Å²) >= 11 is 1.97. The summed E-state index contributed by atoms with van der Waals surface area (Å²) in [6.07, 6.45) is 1.22. The first-order valence-electron chi connectivity index (χ1n) is 6.03. The van der Waals surface area contributed by atoms with Gasteiger partial charge >= 0.3 is 5.97 Å². The Balaban J connectivity index is 1.72. The fourth-order valence-electron chi connectivity index (χ4n) is 1.85. The van der Waals surface area contributed by atoms with Crippen molar-refractivity contribution in [1.29, 1.82) is 0 Å². The first-order chi connectivity index (χ1) is 8.75. The fourth-order valence-corrected chi connectivity index (χ4v) is 3.03. The van der Waals surface area contributed by atoms with E-state index < -0.39 is 5.97 Å². The number of carboxylic acids is 1. The molecule has 1 aromatic carbocycles. The highest BCUT2D eigenvalue weighted by molar-refractivity contribution is 7.99. The molecule has 0 saturated carbocycles. The molecule has 5 heteroatoms. The number of ether oxygens (including phenoxy) is 1. The van der Waals surface area contributed by atoms with Gasteiger partial charge in [0.05, 0.1) is 5.56 Å². The molecule has 1 aliphatic heterocycles. The maximum atomic E-state index is 10.8. The van der Waals surface area contributed by atoms with Crippen LogP contribution in [0.2, 0.25) is 0 Å². The largest absolute Gasteiger partial charge is 0.492 e. The Morgan fingerprint density at radius 1 is 1.56 bits per heavy atom. The Morgan fingerprint density at radius 2 is 2.44 bits per heavy atom. The molecule has 0 unspecified atom stereocenters. The molecule has 0 radical (unpaired) electrons. The zero-order valence-corrected chi connectivity index (χ0v) is 10.9. The molecule has 1 aromatic rings. The van der Waals surface area contributed by atoms with E-state index in [1.807, 2.05) is 11.8 Å². The molecule has 0 aliphatic carbocycles. The number of rotatable bonds is 6. The summed E-state index contributed by atoms with van der Waals surface area (Å²) in [6, 6.07) is 7.18. The van der Waals surface area contributed by atoms with Crippen molar-refractivity contribution < 1.29 is 14.6 Å². The minimum absolute atomic E-state index is 0.257. The molecule has 1 saturated heterocycles. The topological polar surface area (TPSA) is 58.6 Å². The smallest absolute Gasteiger partial charge is 0.335 e. The average molecular weight is 267 g/mol. The number of hydrogen-bond donors (Lipinski definition) is 2. The first-order valence-corrected chi connectivity index (χ1v) is 7.18. The number of nitrogens with one attached hydrogen (secondary N) is 1. The molecule has 0 aromatic heterocycles. The van der Waals surface area contributed by atoms with Crippen LogP contribution in [-0.2, 0) is 0 Å². The molecular formula is C13H17NO3S. The van der Waals surface area contributed by atoms with Crippen molar-refractivity contribution in [2.45, 2.75) is 12.5 Å². The lowest BCUT2D eigenvalue weighted by atomic mass is 10.2. The molecule has 18 heavy (non-hydrogen) atoms. The molecule has 0 bridgehead atoms. The van der Waals surface area contributed by atoms with E-state index in [4.69, 9.17) is 9.84 Å². The van der Waals surface area contributed by atoms with Crippen LogP contribution in [0.15, 0.2) is 24.3 Å². The summed E-state index contributed by atoms with van der Waals surface area (Å²) in [5.41, 5.74) is 0.257. The van der Waals surface area contributed by atoms with Gasteiger partial charge in [0.2, 0.25) is 0 Å². The van der Waals surface area contributed by atoms with Crippen LogP contribution in [0.25, 0.3) is 0 Å². The molecule has 4 nitrogen and oxygen atoms in total. The standard InChI is InChI=1S/C13H17NO3S/c15-13(16)10-2-1-3-12(8-10)17-6-5-14-11-4-7-18-9-11/h1-3,8,11,14H,4-7,9H2,(H,15,16)/t11-/m1/s1. The van der Waals surface area contributed by atoms with Gasteiger partial charge in [0.1, 0.15) is 12.4 Å². The summed E-state index contributed by atoms with van der Waals surface area (Å²) in [7, 11) is 0. The number of hydrogen-bond acceptors (Lipinski definition) is 4. The summed E-state index contributed by atoms with van der Waals surface area (Å²) in [5.74, 6) is 2.09. The highest BCUT2D eigenvalue weighted by Gasteiger charge is 2.13.